The highest BCUT2D eigenvalue weighted by atomic mass is 19.4. The Morgan fingerprint density at radius 2 is 1.97 bits per heavy atom. The van der Waals surface area contributed by atoms with Crippen LogP contribution in [0.15, 0.2) is 30.5 Å². The molecular weight excluding hydrogens is 460 g/mol. The molecule has 1 aliphatic rings. The molecule has 0 radical (unpaired) electrons. The molecule has 11 heteroatoms. The lowest BCUT2D eigenvalue weighted by molar-refractivity contribution is -0.261. The highest BCUT2D eigenvalue weighted by Gasteiger charge is 2.61. The minimum Gasteiger partial charge on any atom is -0.496 e. The number of hydrogen-bond acceptors (Lipinski definition) is 6. The molecule has 184 valence electrons. The zero-order valence-electron chi connectivity index (χ0n) is 19.0. The van der Waals surface area contributed by atoms with Crippen LogP contribution in [0.3, 0.4) is 0 Å². The third-order valence-electron chi connectivity index (χ3n) is 5.83. The number of nitrogens with one attached hydrogen (secondary N) is 1. The molecular formula is C23H24F4N2O5. The molecule has 1 fully saturated rings. The quantitative estimate of drug-likeness (QED) is 0.483. The van der Waals surface area contributed by atoms with Crippen molar-refractivity contribution in [2.24, 2.45) is 0 Å². The summed E-state index contributed by atoms with van der Waals surface area (Å²) in [7, 11) is 2.45. The van der Waals surface area contributed by atoms with Crippen LogP contribution in [-0.4, -0.2) is 49.0 Å². The van der Waals surface area contributed by atoms with Crippen molar-refractivity contribution in [3.8, 4) is 5.75 Å². The summed E-state index contributed by atoms with van der Waals surface area (Å²) in [4.78, 5) is 28.7. The van der Waals surface area contributed by atoms with Crippen molar-refractivity contribution in [1.82, 2.24) is 4.98 Å². The minimum atomic E-state index is -4.77. The monoisotopic (exact) mass is 484 g/mol. The zero-order chi connectivity index (χ0) is 25.3. The zero-order valence-corrected chi connectivity index (χ0v) is 19.0. The van der Waals surface area contributed by atoms with Gasteiger partial charge in [-0.25, -0.2) is 14.2 Å². The number of amides is 1. The lowest BCUT2D eigenvalue weighted by atomic mass is 9.84. The average Bonchev–Trinajstić information content (AvgIpc) is 3.17. The minimum absolute atomic E-state index is 0.0808. The predicted octanol–water partition coefficient (Wildman–Crippen LogP) is 4.41. The van der Waals surface area contributed by atoms with E-state index in [-0.39, 0.29) is 34.7 Å². The van der Waals surface area contributed by atoms with Gasteiger partial charge in [0.15, 0.2) is 5.60 Å². The summed E-state index contributed by atoms with van der Waals surface area (Å²) in [6.45, 7) is 2.55. The van der Waals surface area contributed by atoms with Gasteiger partial charge in [-0.2, -0.15) is 13.2 Å². The van der Waals surface area contributed by atoms with Crippen LogP contribution in [0.4, 0.5) is 23.2 Å². The maximum atomic E-state index is 14.3. The fraction of sp³-hybridized carbons (Fsp3) is 0.435. The lowest BCUT2D eigenvalue weighted by Gasteiger charge is -2.27. The number of rotatable bonds is 6. The first-order valence-electron chi connectivity index (χ1n) is 10.4. The number of pyridine rings is 1. The summed E-state index contributed by atoms with van der Waals surface area (Å²) in [5, 5.41) is 2.48. The molecule has 0 aliphatic carbocycles. The number of alkyl halides is 3. The fourth-order valence-electron chi connectivity index (χ4n) is 4.05. The number of carbonyl (C=O) groups is 2. The van der Waals surface area contributed by atoms with Crippen molar-refractivity contribution >= 4 is 17.6 Å². The normalized spacial score (nSPS) is 22.4. The number of methoxy groups -OCH3 is 2. The number of aromatic nitrogens is 1. The maximum absolute atomic E-state index is 14.3. The number of carbonyl (C=O) groups excluding carboxylic acids is 2. The molecule has 0 spiro atoms. The van der Waals surface area contributed by atoms with Crippen molar-refractivity contribution < 1.29 is 41.4 Å². The van der Waals surface area contributed by atoms with Crippen molar-refractivity contribution in [3.05, 3.63) is 53.1 Å². The van der Waals surface area contributed by atoms with E-state index in [1.807, 2.05) is 0 Å². The molecule has 2 aromatic rings. The van der Waals surface area contributed by atoms with Crippen molar-refractivity contribution in [2.75, 3.05) is 19.5 Å². The van der Waals surface area contributed by atoms with Gasteiger partial charge in [0.05, 0.1) is 14.2 Å². The summed E-state index contributed by atoms with van der Waals surface area (Å²) in [5.74, 6) is -3.19. The SMILES string of the molecule is CCc1c(F)ccc([C@@H]2C[C@](C)(C(F)(F)F)O[C@H]2C(=O)Nc2ccnc(C(=O)OC)c2)c1OC. The molecule has 3 atom stereocenters. The summed E-state index contributed by atoms with van der Waals surface area (Å²) in [6.07, 6.45) is -5.45. The second-order valence-electron chi connectivity index (χ2n) is 7.99. The molecule has 1 N–H and O–H groups in total. The Hall–Kier alpha value is -3.21. The number of hydrogen-bond donors (Lipinski definition) is 1. The molecule has 0 unspecified atom stereocenters. The number of halogens is 4. The Morgan fingerprint density at radius 1 is 1.26 bits per heavy atom. The van der Waals surface area contributed by atoms with Gasteiger partial charge in [0.25, 0.3) is 5.91 Å². The fourth-order valence-corrected chi connectivity index (χ4v) is 4.05. The van der Waals surface area contributed by atoms with E-state index in [9.17, 15) is 27.2 Å². The van der Waals surface area contributed by atoms with E-state index in [0.29, 0.717) is 0 Å². The van der Waals surface area contributed by atoms with Crippen LogP contribution in [0.2, 0.25) is 0 Å². The van der Waals surface area contributed by atoms with Gasteiger partial charge in [0, 0.05) is 28.9 Å². The Balaban J connectivity index is 2.02. The van der Waals surface area contributed by atoms with Crippen LogP contribution in [-0.2, 0) is 20.7 Å². The second-order valence-corrected chi connectivity index (χ2v) is 7.99. The number of nitrogens with zero attached hydrogens (tertiary/aromatic N) is 1. The number of ether oxygens (including phenoxy) is 3. The van der Waals surface area contributed by atoms with Gasteiger partial charge >= 0.3 is 12.1 Å². The molecule has 1 saturated heterocycles. The molecule has 1 amide bonds. The second kappa shape index (κ2) is 9.57. The largest absolute Gasteiger partial charge is 0.496 e. The molecule has 1 aromatic carbocycles. The van der Waals surface area contributed by atoms with E-state index in [0.717, 1.165) is 20.1 Å². The maximum Gasteiger partial charge on any atom is 0.417 e. The van der Waals surface area contributed by atoms with Crippen LogP contribution < -0.4 is 10.1 Å². The number of benzene rings is 1. The Kier molecular flexibility index (Phi) is 7.15. The summed E-state index contributed by atoms with van der Waals surface area (Å²) >= 11 is 0. The first-order chi connectivity index (χ1) is 16.0. The van der Waals surface area contributed by atoms with Gasteiger partial charge in [-0.1, -0.05) is 13.0 Å². The molecule has 0 bridgehead atoms. The van der Waals surface area contributed by atoms with E-state index in [4.69, 9.17) is 9.47 Å². The predicted molar refractivity (Wildman–Crippen MR) is 113 cm³/mol. The van der Waals surface area contributed by atoms with E-state index < -0.39 is 47.9 Å². The lowest BCUT2D eigenvalue weighted by Crippen LogP contribution is -2.43. The molecule has 7 nitrogen and oxygen atoms in total. The van der Waals surface area contributed by atoms with E-state index in [2.05, 4.69) is 15.0 Å². The van der Waals surface area contributed by atoms with E-state index in [1.165, 1.54) is 31.5 Å². The van der Waals surface area contributed by atoms with Crippen molar-refractivity contribution in [1.29, 1.82) is 0 Å². The highest BCUT2D eigenvalue weighted by molar-refractivity contribution is 5.96. The highest BCUT2D eigenvalue weighted by Crippen LogP contribution is 2.51. The van der Waals surface area contributed by atoms with Gasteiger partial charge < -0.3 is 19.5 Å². The Morgan fingerprint density at radius 3 is 2.56 bits per heavy atom. The summed E-state index contributed by atoms with van der Waals surface area (Å²) in [6, 6.07) is 5.04. The van der Waals surface area contributed by atoms with Gasteiger partial charge in [0.2, 0.25) is 0 Å². The number of esters is 1. The van der Waals surface area contributed by atoms with E-state index >= 15 is 0 Å². The average molecular weight is 484 g/mol. The molecule has 1 aliphatic heterocycles. The van der Waals surface area contributed by atoms with Gasteiger partial charge in [-0.15, -0.1) is 0 Å². The van der Waals surface area contributed by atoms with Gasteiger partial charge in [-0.05, 0) is 38.0 Å². The topological polar surface area (TPSA) is 86.8 Å². The third-order valence-corrected chi connectivity index (χ3v) is 5.83. The Labute approximate surface area is 193 Å². The third kappa shape index (κ3) is 4.70. The number of anilines is 1. The molecule has 34 heavy (non-hydrogen) atoms. The summed E-state index contributed by atoms with van der Waals surface area (Å²) < 4.78 is 71.1. The standard InChI is InChI=1S/C23H24F4N2O5/c1-5-13-16(24)7-6-14(18(13)32-3)15-11-22(2,23(25,26)27)34-19(15)20(30)29-12-8-9-28-17(10-12)21(31)33-4/h6-10,15,19H,5,11H2,1-4H3,(H,28,29,30)/t15-,19+,22+/m0/s1. The molecule has 2 heterocycles. The molecule has 0 saturated carbocycles. The first-order valence-corrected chi connectivity index (χ1v) is 10.4. The molecule has 1 aromatic heterocycles. The Bertz CT molecular complexity index is 1090. The smallest absolute Gasteiger partial charge is 0.417 e. The van der Waals surface area contributed by atoms with Gasteiger partial charge in [-0.3, -0.25) is 4.79 Å². The summed E-state index contributed by atoms with van der Waals surface area (Å²) in [5.41, 5.74) is -2.18. The van der Waals surface area contributed by atoms with Crippen molar-refractivity contribution in [2.45, 2.75) is 50.5 Å². The van der Waals surface area contributed by atoms with Crippen molar-refractivity contribution in [3.63, 3.8) is 0 Å². The first kappa shape index (κ1) is 25.4. The van der Waals surface area contributed by atoms with Crippen LogP contribution in [0.1, 0.15) is 47.8 Å². The van der Waals surface area contributed by atoms with Crippen LogP contribution in [0, 0.1) is 5.82 Å². The van der Waals surface area contributed by atoms with Gasteiger partial charge in [0.1, 0.15) is 23.4 Å². The van der Waals surface area contributed by atoms with Crippen LogP contribution >= 0.6 is 0 Å². The van der Waals surface area contributed by atoms with Crippen LogP contribution in [0.5, 0.6) is 5.75 Å². The van der Waals surface area contributed by atoms with Crippen LogP contribution in [0.25, 0.3) is 0 Å². The molecule has 3 rings (SSSR count). The van der Waals surface area contributed by atoms with E-state index in [1.54, 1.807) is 6.92 Å².